The van der Waals surface area contributed by atoms with E-state index in [0.29, 0.717) is 12.4 Å². The summed E-state index contributed by atoms with van der Waals surface area (Å²) in [4.78, 5) is 12.2. The summed E-state index contributed by atoms with van der Waals surface area (Å²) in [6.45, 7) is 1.47. The third-order valence-electron chi connectivity index (χ3n) is 3.69. The van der Waals surface area contributed by atoms with Gasteiger partial charge >= 0.3 is 0 Å². The molecule has 3 nitrogen and oxygen atoms in total. The Morgan fingerprint density at radius 2 is 2.21 bits per heavy atom. The molecule has 0 aromatic rings. The van der Waals surface area contributed by atoms with E-state index in [1.54, 1.807) is 0 Å². The number of likely N-dealkylation sites (N-methyl/N-ethyl adjacent to an activating group) is 1. The quantitative estimate of drug-likeness (QED) is 0.737. The molecule has 3 heteroatoms. The molecule has 1 aliphatic carbocycles. The summed E-state index contributed by atoms with van der Waals surface area (Å²) in [5, 5.41) is 3.21. The van der Waals surface area contributed by atoms with Gasteiger partial charge in [0, 0.05) is 12.5 Å². The van der Waals surface area contributed by atoms with Crippen molar-refractivity contribution in [1.29, 1.82) is 0 Å². The maximum absolute atomic E-state index is 12.2. The summed E-state index contributed by atoms with van der Waals surface area (Å²) in [5.41, 5.74) is -0.189. The molecule has 1 heterocycles. The predicted molar refractivity (Wildman–Crippen MR) is 54.2 cm³/mol. The Bertz CT molecular complexity index is 212. The Hall–Kier alpha value is -0.410. The molecule has 80 valence electrons. The summed E-state index contributed by atoms with van der Waals surface area (Å²) in [6.07, 6.45) is 5.26. The molecule has 2 fully saturated rings. The van der Waals surface area contributed by atoms with Gasteiger partial charge in [-0.25, -0.2) is 0 Å². The van der Waals surface area contributed by atoms with Crippen molar-refractivity contribution in [3.8, 4) is 0 Å². The van der Waals surface area contributed by atoms with Crippen molar-refractivity contribution >= 4 is 5.78 Å². The van der Waals surface area contributed by atoms with E-state index in [9.17, 15) is 4.79 Å². The minimum Gasteiger partial charge on any atom is -0.381 e. The summed E-state index contributed by atoms with van der Waals surface area (Å²) < 4.78 is 5.36. The largest absolute Gasteiger partial charge is 0.381 e. The van der Waals surface area contributed by atoms with Crippen LogP contribution in [0.1, 0.15) is 32.1 Å². The molecule has 0 amide bonds. The average Bonchev–Trinajstić information content (AvgIpc) is 2.18. The van der Waals surface area contributed by atoms with Crippen LogP contribution in [0.5, 0.6) is 0 Å². The molecular weight excluding hydrogens is 178 g/mol. The van der Waals surface area contributed by atoms with E-state index in [0.717, 1.165) is 32.3 Å². The molecule has 0 bridgehead atoms. The number of hydrogen-bond donors (Lipinski definition) is 1. The number of ketones is 1. The first kappa shape index (κ1) is 10.1. The van der Waals surface area contributed by atoms with Gasteiger partial charge in [-0.1, -0.05) is 0 Å². The van der Waals surface area contributed by atoms with Crippen LogP contribution in [0, 0.1) is 5.92 Å². The zero-order chi connectivity index (χ0) is 10.0. The molecule has 14 heavy (non-hydrogen) atoms. The van der Waals surface area contributed by atoms with Crippen molar-refractivity contribution in [2.75, 3.05) is 20.3 Å². The number of nitrogens with one attached hydrogen (secondary N) is 1. The van der Waals surface area contributed by atoms with E-state index >= 15 is 0 Å². The van der Waals surface area contributed by atoms with E-state index in [1.165, 1.54) is 6.42 Å². The SMILES string of the molecule is CNC1(C(=O)C2CCCOC2)CCC1. The van der Waals surface area contributed by atoms with Crippen LogP contribution >= 0.6 is 0 Å². The number of ether oxygens (including phenoxy) is 1. The van der Waals surface area contributed by atoms with Gasteiger partial charge in [0.2, 0.25) is 0 Å². The Kier molecular flexibility index (Phi) is 2.88. The molecule has 0 spiro atoms. The first-order valence-electron chi connectivity index (χ1n) is 5.59. The van der Waals surface area contributed by atoms with E-state index < -0.39 is 0 Å². The summed E-state index contributed by atoms with van der Waals surface area (Å²) in [5.74, 6) is 0.544. The van der Waals surface area contributed by atoms with Gasteiger partial charge < -0.3 is 10.1 Å². The van der Waals surface area contributed by atoms with Crippen LogP contribution in [-0.2, 0) is 9.53 Å². The molecule has 0 aromatic heterocycles. The predicted octanol–water partition coefficient (Wildman–Crippen LogP) is 1.12. The van der Waals surface area contributed by atoms with Crippen molar-refractivity contribution in [3.63, 3.8) is 0 Å². The van der Waals surface area contributed by atoms with Gasteiger partial charge in [-0.3, -0.25) is 4.79 Å². The lowest BCUT2D eigenvalue weighted by molar-refractivity contribution is -0.136. The Balaban J connectivity index is 1.98. The maximum atomic E-state index is 12.2. The smallest absolute Gasteiger partial charge is 0.158 e. The maximum Gasteiger partial charge on any atom is 0.158 e. The Morgan fingerprint density at radius 1 is 1.43 bits per heavy atom. The Labute approximate surface area is 85.2 Å². The fraction of sp³-hybridized carbons (Fsp3) is 0.909. The molecule has 1 saturated carbocycles. The van der Waals surface area contributed by atoms with Gasteiger partial charge in [0.15, 0.2) is 5.78 Å². The van der Waals surface area contributed by atoms with Crippen LogP contribution in [0.15, 0.2) is 0 Å². The van der Waals surface area contributed by atoms with E-state index in [4.69, 9.17) is 4.74 Å². The fourth-order valence-electron chi connectivity index (χ4n) is 2.49. The third-order valence-corrected chi connectivity index (χ3v) is 3.69. The topological polar surface area (TPSA) is 38.3 Å². The van der Waals surface area contributed by atoms with Gasteiger partial charge in [0.1, 0.15) is 0 Å². The summed E-state index contributed by atoms with van der Waals surface area (Å²) in [6, 6.07) is 0. The fourth-order valence-corrected chi connectivity index (χ4v) is 2.49. The minimum atomic E-state index is -0.189. The molecule has 1 N–H and O–H groups in total. The van der Waals surface area contributed by atoms with E-state index in [-0.39, 0.29) is 11.5 Å². The monoisotopic (exact) mass is 197 g/mol. The molecule has 1 aliphatic heterocycles. The number of hydrogen-bond acceptors (Lipinski definition) is 3. The Morgan fingerprint density at radius 3 is 2.64 bits per heavy atom. The highest BCUT2D eigenvalue weighted by Crippen LogP contribution is 2.36. The minimum absolute atomic E-state index is 0.150. The van der Waals surface area contributed by atoms with Crippen molar-refractivity contribution in [3.05, 3.63) is 0 Å². The second-order valence-corrected chi connectivity index (χ2v) is 4.46. The van der Waals surface area contributed by atoms with Crippen molar-refractivity contribution < 1.29 is 9.53 Å². The molecule has 0 aromatic carbocycles. The van der Waals surface area contributed by atoms with Crippen LogP contribution in [0.4, 0.5) is 0 Å². The average molecular weight is 197 g/mol. The highest BCUT2D eigenvalue weighted by molar-refractivity contribution is 5.91. The van der Waals surface area contributed by atoms with Gasteiger partial charge in [0.05, 0.1) is 12.1 Å². The number of rotatable bonds is 3. The molecular formula is C11H19NO2. The van der Waals surface area contributed by atoms with Crippen LogP contribution in [0.2, 0.25) is 0 Å². The number of carbonyl (C=O) groups is 1. The lowest BCUT2D eigenvalue weighted by Crippen LogP contribution is -2.58. The third kappa shape index (κ3) is 1.59. The molecule has 1 atom stereocenters. The molecule has 2 aliphatic rings. The summed E-state index contributed by atoms with van der Waals surface area (Å²) in [7, 11) is 1.90. The van der Waals surface area contributed by atoms with Gasteiger partial charge in [0.25, 0.3) is 0 Å². The first-order chi connectivity index (χ1) is 6.78. The van der Waals surface area contributed by atoms with Crippen LogP contribution in [0.3, 0.4) is 0 Å². The van der Waals surface area contributed by atoms with Gasteiger partial charge in [-0.2, -0.15) is 0 Å². The zero-order valence-corrected chi connectivity index (χ0v) is 8.84. The van der Waals surface area contributed by atoms with Gasteiger partial charge in [-0.15, -0.1) is 0 Å². The lowest BCUT2D eigenvalue weighted by Gasteiger charge is -2.42. The first-order valence-corrected chi connectivity index (χ1v) is 5.59. The van der Waals surface area contributed by atoms with Crippen molar-refractivity contribution in [2.24, 2.45) is 5.92 Å². The van der Waals surface area contributed by atoms with Crippen LogP contribution < -0.4 is 5.32 Å². The number of Topliss-reactive ketones (excluding diaryl/α,β-unsaturated/α-hetero) is 1. The van der Waals surface area contributed by atoms with Gasteiger partial charge in [-0.05, 0) is 39.2 Å². The van der Waals surface area contributed by atoms with Crippen molar-refractivity contribution in [2.45, 2.75) is 37.6 Å². The highest BCUT2D eigenvalue weighted by atomic mass is 16.5. The van der Waals surface area contributed by atoms with Crippen molar-refractivity contribution in [1.82, 2.24) is 5.32 Å². The van der Waals surface area contributed by atoms with E-state index in [1.807, 2.05) is 7.05 Å². The lowest BCUT2D eigenvalue weighted by atomic mass is 9.69. The normalized spacial score (nSPS) is 30.8. The number of carbonyl (C=O) groups excluding carboxylic acids is 1. The highest BCUT2D eigenvalue weighted by Gasteiger charge is 2.45. The standard InChI is InChI=1S/C11H19NO2/c1-12-11(5-3-6-11)10(13)9-4-2-7-14-8-9/h9,12H,2-8H2,1H3. The zero-order valence-electron chi connectivity index (χ0n) is 8.84. The van der Waals surface area contributed by atoms with Crippen LogP contribution in [-0.4, -0.2) is 31.6 Å². The molecule has 1 saturated heterocycles. The van der Waals surface area contributed by atoms with Crippen LogP contribution in [0.25, 0.3) is 0 Å². The second kappa shape index (κ2) is 3.99. The van der Waals surface area contributed by atoms with E-state index in [2.05, 4.69) is 5.32 Å². The molecule has 0 radical (unpaired) electrons. The second-order valence-electron chi connectivity index (χ2n) is 4.46. The molecule has 2 rings (SSSR count). The molecule has 1 unspecified atom stereocenters. The summed E-state index contributed by atoms with van der Waals surface area (Å²) >= 11 is 0.